The molecule has 94 valence electrons. The number of esters is 1. The number of hydrogen-bond acceptors (Lipinski definition) is 2. The standard InChI is InChI=1S/C15H22O2/c1-6-11(2)14(16)17-13-10-8-7-9-12(13)15(3,4)5/h7-11H,6H2,1-5H3. The molecule has 0 amide bonds. The fraction of sp³-hybridized carbons (Fsp3) is 0.533. The molecular weight excluding hydrogens is 212 g/mol. The number of carbonyl (C=O) groups excluding carboxylic acids is 1. The van der Waals surface area contributed by atoms with E-state index in [2.05, 4.69) is 20.8 Å². The molecule has 0 aliphatic rings. The quantitative estimate of drug-likeness (QED) is 0.585. The highest BCUT2D eigenvalue weighted by Gasteiger charge is 2.21. The van der Waals surface area contributed by atoms with Crippen LogP contribution in [-0.4, -0.2) is 5.97 Å². The number of para-hydroxylation sites is 1. The molecule has 2 heteroatoms. The minimum atomic E-state index is -0.149. The number of benzene rings is 1. The minimum Gasteiger partial charge on any atom is -0.426 e. The molecule has 0 aliphatic heterocycles. The summed E-state index contributed by atoms with van der Waals surface area (Å²) in [6.45, 7) is 10.2. The zero-order valence-corrected chi connectivity index (χ0v) is 11.4. The first-order chi connectivity index (χ1) is 7.86. The average Bonchev–Trinajstić information content (AvgIpc) is 2.27. The molecule has 2 nitrogen and oxygen atoms in total. The Hall–Kier alpha value is -1.31. The van der Waals surface area contributed by atoms with E-state index in [1.165, 1.54) is 0 Å². The SMILES string of the molecule is CCC(C)C(=O)Oc1ccccc1C(C)(C)C. The van der Waals surface area contributed by atoms with Crippen molar-refractivity contribution in [2.24, 2.45) is 5.92 Å². The molecule has 0 spiro atoms. The third kappa shape index (κ3) is 3.58. The van der Waals surface area contributed by atoms with Gasteiger partial charge in [0.1, 0.15) is 5.75 Å². The summed E-state index contributed by atoms with van der Waals surface area (Å²) in [5.74, 6) is 0.484. The van der Waals surface area contributed by atoms with E-state index < -0.39 is 0 Å². The number of hydrogen-bond donors (Lipinski definition) is 0. The Balaban J connectivity index is 2.96. The zero-order chi connectivity index (χ0) is 13.1. The van der Waals surface area contributed by atoms with Gasteiger partial charge in [-0.25, -0.2) is 0 Å². The fourth-order valence-electron chi connectivity index (χ4n) is 1.55. The van der Waals surface area contributed by atoms with E-state index in [1.54, 1.807) is 0 Å². The number of ether oxygens (including phenoxy) is 1. The first-order valence-electron chi connectivity index (χ1n) is 6.17. The van der Waals surface area contributed by atoms with Crippen molar-refractivity contribution in [3.05, 3.63) is 29.8 Å². The maximum absolute atomic E-state index is 11.8. The lowest BCUT2D eigenvalue weighted by Crippen LogP contribution is -2.20. The molecule has 1 atom stereocenters. The Labute approximate surface area is 104 Å². The van der Waals surface area contributed by atoms with Crippen molar-refractivity contribution in [3.8, 4) is 5.75 Å². The van der Waals surface area contributed by atoms with E-state index in [9.17, 15) is 4.79 Å². The molecule has 1 aromatic carbocycles. The predicted octanol–water partition coefficient (Wildman–Crippen LogP) is 3.94. The van der Waals surface area contributed by atoms with E-state index in [0.29, 0.717) is 5.75 Å². The van der Waals surface area contributed by atoms with Crippen LogP contribution in [0.25, 0.3) is 0 Å². The molecule has 0 fully saturated rings. The van der Waals surface area contributed by atoms with Crippen molar-refractivity contribution >= 4 is 5.97 Å². The maximum atomic E-state index is 11.8. The number of rotatable bonds is 3. The predicted molar refractivity (Wildman–Crippen MR) is 70.2 cm³/mol. The van der Waals surface area contributed by atoms with E-state index in [-0.39, 0.29) is 17.3 Å². The first kappa shape index (κ1) is 13.8. The van der Waals surface area contributed by atoms with E-state index in [4.69, 9.17) is 4.74 Å². The van der Waals surface area contributed by atoms with Crippen LogP contribution in [0.1, 0.15) is 46.6 Å². The van der Waals surface area contributed by atoms with Crippen LogP contribution in [0.4, 0.5) is 0 Å². The van der Waals surface area contributed by atoms with Gasteiger partial charge in [-0.1, -0.05) is 52.8 Å². The van der Waals surface area contributed by atoms with Gasteiger partial charge in [-0.2, -0.15) is 0 Å². The topological polar surface area (TPSA) is 26.3 Å². The summed E-state index contributed by atoms with van der Waals surface area (Å²) in [4.78, 5) is 11.8. The van der Waals surface area contributed by atoms with E-state index in [0.717, 1.165) is 12.0 Å². The monoisotopic (exact) mass is 234 g/mol. The molecule has 0 saturated heterocycles. The van der Waals surface area contributed by atoms with Crippen LogP contribution in [0.3, 0.4) is 0 Å². The molecule has 0 aliphatic carbocycles. The molecule has 0 radical (unpaired) electrons. The van der Waals surface area contributed by atoms with Gasteiger partial charge in [0.15, 0.2) is 0 Å². The van der Waals surface area contributed by atoms with Crippen molar-refractivity contribution in [2.75, 3.05) is 0 Å². The molecule has 0 saturated carbocycles. The molecule has 1 aromatic rings. The summed E-state index contributed by atoms with van der Waals surface area (Å²) in [6, 6.07) is 7.75. The van der Waals surface area contributed by atoms with Crippen LogP contribution < -0.4 is 4.74 Å². The van der Waals surface area contributed by atoms with Gasteiger partial charge in [0.05, 0.1) is 5.92 Å². The van der Waals surface area contributed by atoms with Crippen LogP contribution in [0.15, 0.2) is 24.3 Å². The van der Waals surface area contributed by atoms with Crippen LogP contribution in [0.2, 0.25) is 0 Å². The lowest BCUT2D eigenvalue weighted by Gasteiger charge is -2.22. The number of carbonyl (C=O) groups is 1. The Morgan fingerprint density at radius 1 is 1.29 bits per heavy atom. The lowest BCUT2D eigenvalue weighted by molar-refractivity contribution is -0.138. The van der Waals surface area contributed by atoms with E-state index >= 15 is 0 Å². The Bertz CT molecular complexity index is 388. The average molecular weight is 234 g/mol. The fourth-order valence-corrected chi connectivity index (χ4v) is 1.55. The van der Waals surface area contributed by atoms with Crippen molar-refractivity contribution in [3.63, 3.8) is 0 Å². The van der Waals surface area contributed by atoms with E-state index in [1.807, 2.05) is 38.1 Å². The van der Waals surface area contributed by atoms with Gasteiger partial charge in [0.25, 0.3) is 0 Å². The van der Waals surface area contributed by atoms with Crippen LogP contribution >= 0.6 is 0 Å². The highest BCUT2D eigenvalue weighted by molar-refractivity contribution is 5.75. The summed E-state index contributed by atoms with van der Waals surface area (Å²) in [7, 11) is 0. The van der Waals surface area contributed by atoms with Gasteiger partial charge in [0, 0.05) is 5.56 Å². The van der Waals surface area contributed by atoms with Gasteiger partial charge < -0.3 is 4.74 Å². The second-order valence-electron chi connectivity index (χ2n) is 5.48. The third-order valence-electron chi connectivity index (χ3n) is 2.92. The highest BCUT2D eigenvalue weighted by Crippen LogP contribution is 2.31. The molecule has 17 heavy (non-hydrogen) atoms. The van der Waals surface area contributed by atoms with Crippen LogP contribution in [0, 0.1) is 5.92 Å². The van der Waals surface area contributed by atoms with Crippen LogP contribution in [0.5, 0.6) is 5.75 Å². The summed E-state index contributed by atoms with van der Waals surface area (Å²) >= 11 is 0. The van der Waals surface area contributed by atoms with Gasteiger partial charge in [-0.3, -0.25) is 4.79 Å². The van der Waals surface area contributed by atoms with Gasteiger partial charge >= 0.3 is 5.97 Å². The van der Waals surface area contributed by atoms with Gasteiger partial charge in [-0.15, -0.1) is 0 Å². The highest BCUT2D eigenvalue weighted by atomic mass is 16.5. The Kier molecular flexibility index (Phi) is 4.33. The Morgan fingerprint density at radius 3 is 2.41 bits per heavy atom. The largest absolute Gasteiger partial charge is 0.426 e. The van der Waals surface area contributed by atoms with Crippen LogP contribution in [-0.2, 0) is 10.2 Å². The van der Waals surface area contributed by atoms with Crippen molar-refractivity contribution in [1.29, 1.82) is 0 Å². The van der Waals surface area contributed by atoms with Crippen molar-refractivity contribution in [1.82, 2.24) is 0 Å². The smallest absolute Gasteiger partial charge is 0.314 e. The second-order valence-corrected chi connectivity index (χ2v) is 5.48. The zero-order valence-electron chi connectivity index (χ0n) is 11.4. The summed E-state index contributed by atoms with van der Waals surface area (Å²) in [5.41, 5.74) is 1.04. The molecule has 1 unspecified atom stereocenters. The molecule has 0 bridgehead atoms. The lowest BCUT2D eigenvalue weighted by atomic mass is 9.86. The summed E-state index contributed by atoms with van der Waals surface area (Å²) < 4.78 is 5.49. The first-order valence-corrected chi connectivity index (χ1v) is 6.17. The molecule has 1 rings (SSSR count). The third-order valence-corrected chi connectivity index (χ3v) is 2.92. The molecule has 0 aromatic heterocycles. The maximum Gasteiger partial charge on any atom is 0.314 e. The molecular formula is C15H22O2. The van der Waals surface area contributed by atoms with Crippen molar-refractivity contribution < 1.29 is 9.53 Å². The summed E-state index contributed by atoms with van der Waals surface area (Å²) in [5, 5.41) is 0. The molecule has 0 heterocycles. The second kappa shape index (κ2) is 5.35. The molecule has 0 N–H and O–H groups in total. The van der Waals surface area contributed by atoms with Crippen molar-refractivity contribution in [2.45, 2.75) is 46.5 Å². The van der Waals surface area contributed by atoms with Gasteiger partial charge in [0.2, 0.25) is 0 Å². The normalized spacial score (nSPS) is 13.2. The summed E-state index contributed by atoms with van der Waals surface area (Å²) in [6.07, 6.45) is 0.802. The Morgan fingerprint density at radius 2 is 1.88 bits per heavy atom. The minimum absolute atomic E-state index is 0.0215. The van der Waals surface area contributed by atoms with Gasteiger partial charge in [-0.05, 0) is 17.9 Å².